The fourth-order valence-electron chi connectivity index (χ4n) is 2.47. The number of carbonyl (C=O) groups excluding carboxylic acids is 2. The van der Waals surface area contributed by atoms with Crippen LogP contribution in [-0.4, -0.2) is 49.3 Å². The van der Waals surface area contributed by atoms with Gasteiger partial charge >= 0.3 is 0 Å². The summed E-state index contributed by atoms with van der Waals surface area (Å²) in [4.78, 5) is 23.1. The quantitative estimate of drug-likeness (QED) is 0.446. The number of amides is 2. The second-order valence-corrected chi connectivity index (χ2v) is 3.97. The van der Waals surface area contributed by atoms with Gasteiger partial charge in [-0.25, -0.2) is 0 Å². The van der Waals surface area contributed by atoms with E-state index in [1.807, 2.05) is 0 Å². The molecule has 1 fully saturated rings. The summed E-state index contributed by atoms with van der Waals surface area (Å²) >= 11 is 0. The first-order chi connectivity index (χ1) is 7.62. The zero-order valence-electron chi connectivity index (χ0n) is 9.43. The first-order valence-corrected chi connectivity index (χ1v) is 5.27. The van der Waals surface area contributed by atoms with E-state index in [1.54, 1.807) is 0 Å². The molecular weight excluding hydrogens is 212 g/mol. The summed E-state index contributed by atoms with van der Waals surface area (Å²) < 4.78 is 0. The maximum atomic E-state index is 11.6. The van der Waals surface area contributed by atoms with Gasteiger partial charge in [0.05, 0.1) is 11.8 Å². The van der Waals surface area contributed by atoms with Crippen LogP contribution in [0.2, 0.25) is 0 Å². The van der Waals surface area contributed by atoms with E-state index in [9.17, 15) is 9.59 Å². The minimum Gasteiger partial charge on any atom is -0.396 e. The normalized spacial score (nSPS) is 32.8. The van der Waals surface area contributed by atoms with Gasteiger partial charge in [0.1, 0.15) is 0 Å². The fourth-order valence-corrected chi connectivity index (χ4v) is 2.47. The fraction of sp³-hybridized carbons (Fsp3) is 0.800. The molecule has 6 heteroatoms. The van der Waals surface area contributed by atoms with Gasteiger partial charge in [0.25, 0.3) is 0 Å². The van der Waals surface area contributed by atoms with Crippen LogP contribution in [0.5, 0.6) is 0 Å². The molecule has 1 aliphatic carbocycles. The molecule has 4 atom stereocenters. The summed E-state index contributed by atoms with van der Waals surface area (Å²) in [5.74, 6) is -2.31. The van der Waals surface area contributed by atoms with Crippen molar-refractivity contribution in [2.45, 2.75) is 0 Å². The first kappa shape index (κ1) is 12.9. The van der Waals surface area contributed by atoms with Crippen LogP contribution < -0.4 is 10.6 Å². The topological polar surface area (TPSA) is 98.7 Å². The Hall–Kier alpha value is -1.14. The smallest absolute Gasteiger partial charge is 0.224 e. The number of nitrogens with one attached hydrogen (secondary N) is 2. The van der Waals surface area contributed by atoms with E-state index in [-0.39, 0.29) is 36.9 Å². The average Bonchev–Trinajstić information content (AvgIpc) is 2.28. The molecule has 0 bridgehead atoms. The summed E-state index contributed by atoms with van der Waals surface area (Å²) in [6.45, 7) is -0.395. The van der Waals surface area contributed by atoms with Crippen LogP contribution in [0.25, 0.3) is 0 Å². The standard InChI is InChI=1S/C10H18N2O4/c1-11-9(15)7-5(3-13)6(4-14)8(7)10(16)12-2/h5-8,13-14H,3-4H2,1-2H3,(H,11,15)(H,12,16). The molecule has 4 N–H and O–H groups in total. The van der Waals surface area contributed by atoms with Gasteiger partial charge in [-0.2, -0.15) is 0 Å². The number of rotatable bonds is 4. The third-order valence-corrected chi connectivity index (χ3v) is 3.38. The van der Waals surface area contributed by atoms with Gasteiger partial charge in [-0.15, -0.1) is 0 Å². The highest BCUT2D eigenvalue weighted by molar-refractivity contribution is 5.90. The van der Waals surface area contributed by atoms with Crippen LogP contribution >= 0.6 is 0 Å². The molecule has 0 aliphatic heterocycles. The Morgan fingerprint density at radius 3 is 1.44 bits per heavy atom. The summed E-state index contributed by atoms with van der Waals surface area (Å²) in [5.41, 5.74) is 0. The zero-order valence-corrected chi connectivity index (χ0v) is 9.43. The molecule has 0 aromatic heterocycles. The molecule has 0 aromatic rings. The summed E-state index contributed by atoms with van der Waals surface area (Å²) in [5, 5.41) is 23.2. The van der Waals surface area contributed by atoms with Crippen molar-refractivity contribution in [1.29, 1.82) is 0 Å². The van der Waals surface area contributed by atoms with Crippen LogP contribution in [-0.2, 0) is 9.59 Å². The van der Waals surface area contributed by atoms with Gasteiger partial charge in [-0.1, -0.05) is 0 Å². The predicted octanol–water partition coefficient (Wildman–Crippen LogP) is -2.06. The van der Waals surface area contributed by atoms with Gasteiger partial charge in [-0.05, 0) is 0 Å². The van der Waals surface area contributed by atoms with E-state index in [0.717, 1.165) is 0 Å². The highest BCUT2D eigenvalue weighted by atomic mass is 16.3. The number of hydrogen-bond donors (Lipinski definition) is 4. The molecular formula is C10H18N2O4. The van der Waals surface area contributed by atoms with E-state index in [2.05, 4.69) is 10.6 Å². The lowest BCUT2D eigenvalue weighted by Gasteiger charge is -2.48. The van der Waals surface area contributed by atoms with E-state index >= 15 is 0 Å². The SMILES string of the molecule is CNC(=O)C1C(CO)C(CO)C1C(=O)NC. The Kier molecular flexibility index (Phi) is 4.26. The number of carbonyl (C=O) groups is 2. The van der Waals surface area contributed by atoms with Crippen molar-refractivity contribution in [2.24, 2.45) is 23.7 Å². The highest BCUT2D eigenvalue weighted by Gasteiger charge is 2.55. The first-order valence-electron chi connectivity index (χ1n) is 5.27. The third kappa shape index (κ3) is 1.90. The zero-order chi connectivity index (χ0) is 12.3. The van der Waals surface area contributed by atoms with Crippen molar-refractivity contribution < 1.29 is 19.8 Å². The lowest BCUT2D eigenvalue weighted by atomic mass is 9.56. The van der Waals surface area contributed by atoms with E-state index in [4.69, 9.17) is 10.2 Å². The van der Waals surface area contributed by atoms with Crippen LogP contribution in [0.15, 0.2) is 0 Å². The Balaban J connectivity index is 2.85. The maximum Gasteiger partial charge on any atom is 0.224 e. The van der Waals surface area contributed by atoms with E-state index < -0.39 is 11.8 Å². The van der Waals surface area contributed by atoms with Gasteiger partial charge in [0.2, 0.25) is 11.8 Å². The molecule has 0 radical (unpaired) electrons. The lowest BCUT2D eigenvalue weighted by Crippen LogP contribution is -2.60. The van der Waals surface area contributed by atoms with E-state index in [1.165, 1.54) is 14.1 Å². The molecule has 16 heavy (non-hydrogen) atoms. The molecule has 4 unspecified atom stereocenters. The minimum absolute atomic E-state index is 0.198. The van der Waals surface area contributed by atoms with Crippen LogP contribution in [0, 0.1) is 23.7 Å². The second kappa shape index (κ2) is 5.27. The van der Waals surface area contributed by atoms with Crippen molar-refractivity contribution in [3.05, 3.63) is 0 Å². The Morgan fingerprint density at radius 2 is 1.25 bits per heavy atom. The van der Waals surface area contributed by atoms with Crippen molar-refractivity contribution >= 4 is 11.8 Å². The van der Waals surface area contributed by atoms with E-state index in [0.29, 0.717) is 0 Å². The Bertz CT molecular complexity index is 254. The molecule has 2 amide bonds. The molecule has 0 aromatic carbocycles. The van der Waals surface area contributed by atoms with Gasteiger partial charge in [0, 0.05) is 39.1 Å². The van der Waals surface area contributed by atoms with Crippen molar-refractivity contribution in [2.75, 3.05) is 27.3 Å². The van der Waals surface area contributed by atoms with Crippen molar-refractivity contribution in [1.82, 2.24) is 10.6 Å². The largest absolute Gasteiger partial charge is 0.396 e. The summed E-state index contributed by atoms with van der Waals surface area (Å²) in [6, 6.07) is 0. The Labute approximate surface area is 94.0 Å². The maximum absolute atomic E-state index is 11.6. The van der Waals surface area contributed by atoms with Gasteiger partial charge < -0.3 is 20.8 Å². The molecule has 92 valence electrons. The predicted molar refractivity (Wildman–Crippen MR) is 56.3 cm³/mol. The molecule has 0 heterocycles. The monoisotopic (exact) mass is 230 g/mol. The van der Waals surface area contributed by atoms with Crippen LogP contribution in [0.4, 0.5) is 0 Å². The second-order valence-electron chi connectivity index (χ2n) is 3.97. The number of aliphatic hydroxyl groups excluding tert-OH is 2. The molecule has 1 rings (SSSR count). The molecule has 0 spiro atoms. The Morgan fingerprint density at radius 1 is 0.938 bits per heavy atom. The van der Waals surface area contributed by atoms with Gasteiger partial charge in [-0.3, -0.25) is 9.59 Å². The molecule has 0 saturated heterocycles. The van der Waals surface area contributed by atoms with Gasteiger partial charge in [0.15, 0.2) is 0 Å². The summed E-state index contributed by atoms with van der Waals surface area (Å²) in [7, 11) is 2.98. The van der Waals surface area contributed by atoms with Crippen LogP contribution in [0.1, 0.15) is 0 Å². The number of aliphatic hydroxyl groups is 2. The van der Waals surface area contributed by atoms with Crippen LogP contribution in [0.3, 0.4) is 0 Å². The van der Waals surface area contributed by atoms with Crippen molar-refractivity contribution in [3.8, 4) is 0 Å². The van der Waals surface area contributed by atoms with Crippen molar-refractivity contribution in [3.63, 3.8) is 0 Å². The summed E-state index contributed by atoms with van der Waals surface area (Å²) in [6.07, 6.45) is 0. The molecule has 1 saturated carbocycles. The average molecular weight is 230 g/mol. The minimum atomic E-state index is -0.549. The lowest BCUT2D eigenvalue weighted by molar-refractivity contribution is -0.160. The number of hydrogen-bond acceptors (Lipinski definition) is 4. The third-order valence-electron chi connectivity index (χ3n) is 3.38. The molecule has 6 nitrogen and oxygen atoms in total. The molecule has 1 aliphatic rings. The highest BCUT2D eigenvalue weighted by Crippen LogP contribution is 2.45.